The zero-order chi connectivity index (χ0) is 21.6. The fourth-order valence-electron chi connectivity index (χ4n) is 3.68. The molecule has 0 saturated carbocycles. The summed E-state index contributed by atoms with van der Waals surface area (Å²) in [7, 11) is 1.84. The highest BCUT2D eigenvalue weighted by Crippen LogP contribution is 2.23. The number of rotatable bonds is 7. The molecule has 0 spiro atoms. The third-order valence-electron chi connectivity index (χ3n) is 5.51. The number of ether oxygens (including phenoxy) is 1. The van der Waals surface area contributed by atoms with Crippen LogP contribution in [0.2, 0.25) is 0 Å². The summed E-state index contributed by atoms with van der Waals surface area (Å²) in [6.45, 7) is 5.80. The van der Waals surface area contributed by atoms with Crippen LogP contribution in [0.15, 0.2) is 53.1 Å². The molecule has 0 unspecified atom stereocenters. The molecule has 31 heavy (non-hydrogen) atoms. The van der Waals surface area contributed by atoms with Crippen molar-refractivity contribution in [2.75, 3.05) is 38.3 Å². The molecule has 0 atom stereocenters. The first-order valence-electron chi connectivity index (χ1n) is 10.6. The van der Waals surface area contributed by atoms with Gasteiger partial charge in [0.15, 0.2) is 0 Å². The third-order valence-corrected chi connectivity index (χ3v) is 5.51. The standard InChI is InChI=1S/C24H28N4O3/c1-18-7-9-19(10-8-18)24-25-22(31-26-24)11-12-23(29)27(2)17-20-5-3-4-6-21(20)28-13-15-30-16-14-28/h3-10H,11-17H2,1-2H3. The van der Waals surface area contributed by atoms with Gasteiger partial charge in [-0.3, -0.25) is 4.79 Å². The summed E-state index contributed by atoms with van der Waals surface area (Å²) >= 11 is 0. The van der Waals surface area contributed by atoms with Crippen LogP contribution in [0.4, 0.5) is 5.69 Å². The lowest BCUT2D eigenvalue weighted by Gasteiger charge is -2.31. The SMILES string of the molecule is Cc1ccc(-c2noc(CCC(=O)N(C)Cc3ccccc3N3CCOCC3)n2)cc1. The van der Waals surface area contributed by atoms with E-state index in [1.165, 1.54) is 11.3 Å². The molecular weight excluding hydrogens is 392 g/mol. The number of hydrogen-bond acceptors (Lipinski definition) is 6. The number of anilines is 1. The Morgan fingerprint density at radius 2 is 1.84 bits per heavy atom. The van der Waals surface area contributed by atoms with Crippen LogP contribution >= 0.6 is 0 Å². The molecule has 1 amide bonds. The van der Waals surface area contributed by atoms with E-state index < -0.39 is 0 Å². The minimum absolute atomic E-state index is 0.0480. The zero-order valence-electron chi connectivity index (χ0n) is 18.1. The summed E-state index contributed by atoms with van der Waals surface area (Å²) in [6, 6.07) is 16.2. The van der Waals surface area contributed by atoms with Gasteiger partial charge in [-0.25, -0.2) is 0 Å². The lowest BCUT2D eigenvalue weighted by atomic mass is 10.1. The average molecular weight is 421 g/mol. The minimum Gasteiger partial charge on any atom is -0.378 e. The first-order valence-corrected chi connectivity index (χ1v) is 10.6. The Balaban J connectivity index is 1.34. The summed E-state index contributed by atoms with van der Waals surface area (Å²) in [5, 5.41) is 4.04. The Bertz CT molecular complexity index is 1010. The smallest absolute Gasteiger partial charge is 0.227 e. The molecule has 1 fully saturated rings. The molecule has 2 heterocycles. The summed E-state index contributed by atoms with van der Waals surface area (Å²) in [5.41, 5.74) is 4.39. The van der Waals surface area contributed by atoms with Crippen LogP contribution in [0.1, 0.15) is 23.4 Å². The van der Waals surface area contributed by atoms with Crippen molar-refractivity contribution in [3.8, 4) is 11.4 Å². The van der Waals surface area contributed by atoms with Gasteiger partial charge in [0, 0.05) is 50.8 Å². The van der Waals surface area contributed by atoms with Gasteiger partial charge in [0.25, 0.3) is 0 Å². The number of carbonyl (C=O) groups is 1. The Labute approximate surface area is 182 Å². The normalized spacial score (nSPS) is 13.9. The van der Waals surface area contributed by atoms with Gasteiger partial charge in [0.2, 0.25) is 17.6 Å². The molecule has 0 aliphatic carbocycles. The van der Waals surface area contributed by atoms with Crippen LogP contribution in [-0.2, 0) is 22.5 Å². The van der Waals surface area contributed by atoms with Gasteiger partial charge in [-0.05, 0) is 18.6 Å². The van der Waals surface area contributed by atoms with Crippen LogP contribution in [0.3, 0.4) is 0 Å². The van der Waals surface area contributed by atoms with Crippen molar-refractivity contribution >= 4 is 11.6 Å². The molecule has 3 aromatic rings. The summed E-state index contributed by atoms with van der Waals surface area (Å²) in [6.07, 6.45) is 0.749. The number of aromatic nitrogens is 2. The number of carbonyl (C=O) groups excluding carboxylic acids is 1. The summed E-state index contributed by atoms with van der Waals surface area (Å²) < 4.78 is 10.8. The van der Waals surface area contributed by atoms with Gasteiger partial charge < -0.3 is 19.1 Å². The first kappa shape index (κ1) is 21.1. The van der Waals surface area contributed by atoms with Crippen LogP contribution in [0.5, 0.6) is 0 Å². The predicted octanol–water partition coefficient (Wildman–Crippen LogP) is 3.47. The van der Waals surface area contributed by atoms with Crippen LogP contribution < -0.4 is 4.90 Å². The topological polar surface area (TPSA) is 71.7 Å². The molecule has 7 heteroatoms. The largest absolute Gasteiger partial charge is 0.378 e. The number of benzene rings is 2. The second kappa shape index (κ2) is 9.75. The van der Waals surface area contributed by atoms with Crippen molar-refractivity contribution in [3.63, 3.8) is 0 Å². The molecule has 2 aromatic carbocycles. The second-order valence-electron chi connectivity index (χ2n) is 7.86. The highest BCUT2D eigenvalue weighted by atomic mass is 16.5. The molecule has 1 aliphatic heterocycles. The lowest BCUT2D eigenvalue weighted by Crippen LogP contribution is -2.37. The van der Waals surface area contributed by atoms with Crippen molar-refractivity contribution in [1.82, 2.24) is 15.0 Å². The van der Waals surface area contributed by atoms with Crippen molar-refractivity contribution in [2.45, 2.75) is 26.3 Å². The molecule has 0 N–H and O–H groups in total. The molecule has 1 aliphatic rings. The van der Waals surface area contributed by atoms with Gasteiger partial charge in [-0.2, -0.15) is 4.98 Å². The Hall–Kier alpha value is -3.19. The minimum atomic E-state index is 0.0480. The second-order valence-corrected chi connectivity index (χ2v) is 7.86. The number of morpholine rings is 1. The highest BCUT2D eigenvalue weighted by molar-refractivity contribution is 5.76. The van der Waals surface area contributed by atoms with E-state index in [-0.39, 0.29) is 5.91 Å². The lowest BCUT2D eigenvalue weighted by molar-refractivity contribution is -0.130. The quantitative estimate of drug-likeness (QED) is 0.583. The zero-order valence-corrected chi connectivity index (χ0v) is 18.1. The van der Waals surface area contributed by atoms with Crippen LogP contribution in [0.25, 0.3) is 11.4 Å². The maximum Gasteiger partial charge on any atom is 0.227 e. The van der Waals surface area contributed by atoms with E-state index in [9.17, 15) is 4.79 Å². The van der Waals surface area contributed by atoms with E-state index in [0.29, 0.717) is 31.1 Å². The number of para-hydroxylation sites is 1. The van der Waals surface area contributed by atoms with E-state index >= 15 is 0 Å². The first-order chi connectivity index (χ1) is 15.1. The van der Waals surface area contributed by atoms with Gasteiger partial charge in [-0.15, -0.1) is 0 Å². The van der Waals surface area contributed by atoms with Crippen molar-refractivity contribution in [2.24, 2.45) is 0 Å². The van der Waals surface area contributed by atoms with Gasteiger partial charge in [0.1, 0.15) is 0 Å². The number of aryl methyl sites for hydroxylation is 2. The van der Waals surface area contributed by atoms with Gasteiger partial charge >= 0.3 is 0 Å². The fraction of sp³-hybridized carbons (Fsp3) is 0.375. The third kappa shape index (κ3) is 5.30. The van der Waals surface area contributed by atoms with E-state index in [1.807, 2.05) is 50.4 Å². The average Bonchev–Trinajstić information content (AvgIpc) is 3.28. The molecule has 7 nitrogen and oxygen atoms in total. The molecule has 0 bridgehead atoms. The maximum atomic E-state index is 12.7. The van der Waals surface area contributed by atoms with Crippen molar-refractivity contribution < 1.29 is 14.1 Å². The van der Waals surface area contributed by atoms with Crippen LogP contribution in [0, 0.1) is 6.92 Å². The molecular formula is C24H28N4O3. The maximum absolute atomic E-state index is 12.7. The number of hydrogen-bond donors (Lipinski definition) is 0. The Kier molecular flexibility index (Phi) is 6.62. The fourth-order valence-corrected chi connectivity index (χ4v) is 3.68. The summed E-state index contributed by atoms with van der Waals surface area (Å²) in [4.78, 5) is 21.2. The molecule has 4 rings (SSSR count). The van der Waals surface area contributed by atoms with Gasteiger partial charge in [0.05, 0.1) is 13.2 Å². The Morgan fingerprint density at radius 1 is 1.10 bits per heavy atom. The summed E-state index contributed by atoms with van der Waals surface area (Å²) in [5.74, 6) is 1.08. The number of amides is 1. The predicted molar refractivity (Wildman–Crippen MR) is 119 cm³/mol. The molecule has 1 aromatic heterocycles. The molecule has 162 valence electrons. The van der Waals surface area contributed by atoms with Gasteiger partial charge in [-0.1, -0.05) is 53.2 Å². The van der Waals surface area contributed by atoms with Crippen molar-refractivity contribution in [3.05, 3.63) is 65.5 Å². The van der Waals surface area contributed by atoms with E-state index in [0.717, 1.165) is 37.4 Å². The molecule has 1 saturated heterocycles. The van der Waals surface area contributed by atoms with E-state index in [1.54, 1.807) is 4.90 Å². The Morgan fingerprint density at radius 3 is 2.61 bits per heavy atom. The van der Waals surface area contributed by atoms with Crippen LogP contribution in [-0.4, -0.2) is 54.3 Å². The monoisotopic (exact) mass is 420 g/mol. The number of nitrogens with zero attached hydrogens (tertiary/aromatic N) is 4. The molecule has 0 radical (unpaired) electrons. The highest BCUT2D eigenvalue weighted by Gasteiger charge is 2.18. The van der Waals surface area contributed by atoms with Crippen molar-refractivity contribution in [1.29, 1.82) is 0 Å². The van der Waals surface area contributed by atoms with E-state index in [4.69, 9.17) is 9.26 Å². The van der Waals surface area contributed by atoms with E-state index in [2.05, 4.69) is 27.2 Å².